The van der Waals surface area contributed by atoms with Crippen LogP contribution in [0, 0.1) is 0 Å². The molecule has 7 nitrogen and oxygen atoms in total. The molecule has 0 saturated heterocycles. The number of nitrogens with zero attached hydrogens (tertiary/aromatic N) is 1. The molecule has 0 aliphatic heterocycles. The number of ketones is 2. The fourth-order valence-electron chi connectivity index (χ4n) is 2.47. The van der Waals surface area contributed by atoms with Gasteiger partial charge in [0.25, 0.3) is 0 Å². The molecule has 0 saturated carbocycles. The number of ether oxygens (including phenoxy) is 1. The number of aromatic carboxylic acids is 1. The molecule has 1 aliphatic rings. The minimum atomic E-state index is -1.07. The van der Waals surface area contributed by atoms with Crippen LogP contribution in [0.25, 0.3) is 11.3 Å². The number of carboxylic acid groups (broad SMARTS) is 1. The van der Waals surface area contributed by atoms with Gasteiger partial charge in [-0.15, -0.1) is 0 Å². The molecule has 0 amide bonds. The first-order chi connectivity index (χ1) is 11.4. The van der Waals surface area contributed by atoms with Crippen LogP contribution in [0.3, 0.4) is 0 Å². The van der Waals surface area contributed by atoms with Crippen molar-refractivity contribution in [2.45, 2.75) is 0 Å². The summed E-state index contributed by atoms with van der Waals surface area (Å²) in [6.07, 6.45) is 0. The molecular weight excluding hydrogens is 312 g/mol. The van der Waals surface area contributed by atoms with Gasteiger partial charge in [0.2, 0.25) is 11.6 Å². The summed E-state index contributed by atoms with van der Waals surface area (Å²) in [4.78, 5) is 39.9. The number of methoxy groups -OCH3 is 1. The van der Waals surface area contributed by atoms with Crippen molar-refractivity contribution in [1.29, 1.82) is 0 Å². The van der Waals surface area contributed by atoms with Crippen molar-refractivity contribution in [2.24, 2.45) is 5.73 Å². The number of aromatic nitrogens is 1. The molecule has 0 radical (unpaired) electrons. The summed E-state index contributed by atoms with van der Waals surface area (Å²) >= 11 is 0. The third-order valence-electron chi connectivity index (χ3n) is 3.66. The average molecular weight is 324 g/mol. The quantitative estimate of drug-likeness (QED) is 0.880. The second-order valence-corrected chi connectivity index (χ2v) is 5.08. The Balaban J connectivity index is 2.13. The lowest BCUT2D eigenvalue weighted by atomic mass is 9.94. The number of carbonyl (C=O) groups is 3. The average Bonchev–Trinajstić information content (AvgIpc) is 2.60. The van der Waals surface area contributed by atoms with E-state index in [9.17, 15) is 14.4 Å². The fraction of sp³-hybridized carbons (Fsp3) is 0.0588. The second kappa shape index (κ2) is 5.62. The van der Waals surface area contributed by atoms with Crippen LogP contribution < -0.4 is 5.73 Å². The van der Waals surface area contributed by atoms with Crippen LogP contribution in [-0.4, -0.2) is 34.7 Å². The van der Waals surface area contributed by atoms with Crippen molar-refractivity contribution in [3.8, 4) is 11.3 Å². The smallest absolute Gasteiger partial charge is 0.335 e. The zero-order valence-corrected chi connectivity index (χ0v) is 12.6. The molecule has 24 heavy (non-hydrogen) atoms. The maximum atomic E-state index is 12.3. The molecule has 2 aromatic rings. The molecule has 3 rings (SSSR count). The van der Waals surface area contributed by atoms with Gasteiger partial charge in [0, 0.05) is 5.56 Å². The first kappa shape index (κ1) is 15.4. The molecule has 0 atom stereocenters. The predicted octanol–water partition coefficient (Wildman–Crippen LogP) is 1.64. The highest BCUT2D eigenvalue weighted by Crippen LogP contribution is 2.27. The Morgan fingerprint density at radius 3 is 2.58 bits per heavy atom. The number of carbonyl (C=O) groups excluding carboxylic acids is 2. The van der Waals surface area contributed by atoms with Crippen LogP contribution in [0.1, 0.15) is 31.2 Å². The summed E-state index contributed by atoms with van der Waals surface area (Å²) < 4.78 is 4.89. The van der Waals surface area contributed by atoms with Gasteiger partial charge in [-0.05, 0) is 24.3 Å². The molecule has 120 valence electrons. The standard InChI is InChI=1S/C17H12N2O5/c1-24-16-12(18)15(21)13-10(14(16)20)5-6-11(19-13)8-3-2-4-9(7-8)17(22)23/h2-7H,18H2,1H3,(H,22,23). The number of benzene rings is 1. The maximum absolute atomic E-state index is 12.3. The lowest BCUT2D eigenvalue weighted by Crippen LogP contribution is -2.28. The minimum absolute atomic E-state index is 0.0727. The van der Waals surface area contributed by atoms with Gasteiger partial charge >= 0.3 is 5.97 Å². The van der Waals surface area contributed by atoms with E-state index in [0.717, 1.165) is 0 Å². The summed E-state index contributed by atoms with van der Waals surface area (Å²) in [5.41, 5.74) is 6.37. The zero-order valence-electron chi connectivity index (χ0n) is 12.6. The Morgan fingerprint density at radius 2 is 1.92 bits per heavy atom. The highest BCUT2D eigenvalue weighted by Gasteiger charge is 2.33. The summed E-state index contributed by atoms with van der Waals surface area (Å²) in [6, 6.07) is 9.12. The summed E-state index contributed by atoms with van der Waals surface area (Å²) in [5, 5.41) is 9.06. The number of Topliss-reactive ketones (excluding diaryl/α,β-unsaturated/α-hetero) is 2. The molecule has 0 unspecified atom stereocenters. The van der Waals surface area contributed by atoms with Crippen LogP contribution in [0.2, 0.25) is 0 Å². The van der Waals surface area contributed by atoms with Crippen molar-refractivity contribution in [3.63, 3.8) is 0 Å². The van der Waals surface area contributed by atoms with Crippen molar-refractivity contribution < 1.29 is 24.2 Å². The van der Waals surface area contributed by atoms with Crippen LogP contribution in [0.5, 0.6) is 0 Å². The molecule has 7 heteroatoms. The maximum Gasteiger partial charge on any atom is 0.335 e. The van der Waals surface area contributed by atoms with E-state index in [-0.39, 0.29) is 28.3 Å². The Bertz CT molecular complexity index is 930. The number of hydrogen-bond acceptors (Lipinski definition) is 6. The predicted molar refractivity (Wildman–Crippen MR) is 83.5 cm³/mol. The second-order valence-electron chi connectivity index (χ2n) is 5.08. The van der Waals surface area contributed by atoms with Crippen molar-refractivity contribution in [2.75, 3.05) is 7.11 Å². The molecule has 1 aromatic heterocycles. The van der Waals surface area contributed by atoms with Crippen LogP contribution in [-0.2, 0) is 4.74 Å². The summed E-state index contributed by atoms with van der Waals surface area (Å²) in [6.45, 7) is 0. The lowest BCUT2D eigenvalue weighted by Gasteiger charge is -2.17. The van der Waals surface area contributed by atoms with Gasteiger partial charge in [0.1, 0.15) is 11.4 Å². The van der Waals surface area contributed by atoms with Gasteiger partial charge in [-0.3, -0.25) is 9.59 Å². The van der Waals surface area contributed by atoms with E-state index in [2.05, 4.69) is 4.98 Å². The Hall–Kier alpha value is -3.48. The number of rotatable bonds is 3. The molecule has 0 fully saturated rings. The first-order valence-electron chi connectivity index (χ1n) is 6.92. The van der Waals surface area contributed by atoms with Crippen LogP contribution in [0.4, 0.5) is 0 Å². The van der Waals surface area contributed by atoms with Gasteiger partial charge in [0.05, 0.1) is 23.9 Å². The number of carboxylic acids is 1. The molecule has 1 heterocycles. The van der Waals surface area contributed by atoms with Crippen molar-refractivity contribution in [3.05, 3.63) is 64.7 Å². The minimum Gasteiger partial charge on any atom is -0.491 e. The fourth-order valence-corrected chi connectivity index (χ4v) is 2.47. The summed E-state index contributed by atoms with van der Waals surface area (Å²) in [7, 11) is 1.26. The van der Waals surface area contributed by atoms with E-state index in [4.69, 9.17) is 15.6 Å². The van der Waals surface area contributed by atoms with E-state index in [1.54, 1.807) is 18.2 Å². The van der Waals surface area contributed by atoms with Crippen LogP contribution >= 0.6 is 0 Å². The van der Waals surface area contributed by atoms with E-state index in [1.807, 2.05) is 0 Å². The molecule has 1 aromatic carbocycles. The van der Waals surface area contributed by atoms with E-state index >= 15 is 0 Å². The lowest BCUT2D eigenvalue weighted by molar-refractivity contribution is 0.0696. The highest BCUT2D eigenvalue weighted by molar-refractivity contribution is 6.25. The molecular formula is C17H12N2O5. The van der Waals surface area contributed by atoms with Gasteiger partial charge in [-0.25, -0.2) is 9.78 Å². The topological polar surface area (TPSA) is 120 Å². The molecule has 3 N–H and O–H groups in total. The van der Waals surface area contributed by atoms with Crippen LogP contribution in [0.15, 0.2) is 47.9 Å². The third-order valence-corrected chi connectivity index (χ3v) is 3.66. The summed E-state index contributed by atoms with van der Waals surface area (Å²) in [5.74, 6) is -2.38. The van der Waals surface area contributed by atoms with Gasteiger partial charge in [0.15, 0.2) is 5.76 Å². The zero-order chi connectivity index (χ0) is 17.4. The third kappa shape index (κ3) is 2.32. The first-order valence-corrected chi connectivity index (χ1v) is 6.92. The monoisotopic (exact) mass is 324 g/mol. The van der Waals surface area contributed by atoms with Gasteiger partial charge < -0.3 is 15.6 Å². The number of allylic oxidation sites excluding steroid dienone is 2. The number of hydrogen-bond donors (Lipinski definition) is 2. The molecule has 0 spiro atoms. The van der Waals surface area contributed by atoms with Gasteiger partial charge in [-0.2, -0.15) is 0 Å². The van der Waals surface area contributed by atoms with Crippen molar-refractivity contribution >= 4 is 17.5 Å². The normalized spacial score (nSPS) is 13.7. The Morgan fingerprint density at radius 1 is 1.17 bits per heavy atom. The highest BCUT2D eigenvalue weighted by atomic mass is 16.5. The van der Waals surface area contributed by atoms with E-state index in [1.165, 1.54) is 25.3 Å². The van der Waals surface area contributed by atoms with Crippen molar-refractivity contribution in [1.82, 2.24) is 4.98 Å². The number of fused-ring (bicyclic) bond motifs is 1. The molecule has 1 aliphatic carbocycles. The van der Waals surface area contributed by atoms with Gasteiger partial charge in [-0.1, -0.05) is 12.1 Å². The SMILES string of the molecule is COC1=C(N)C(=O)c2nc(-c3cccc(C(=O)O)c3)ccc2C1=O. The van der Waals surface area contributed by atoms with E-state index in [0.29, 0.717) is 11.3 Å². The Labute approximate surface area is 136 Å². The molecule has 0 bridgehead atoms. The number of nitrogens with two attached hydrogens (primary N) is 1. The number of pyridine rings is 1. The van der Waals surface area contributed by atoms with E-state index < -0.39 is 17.5 Å². The Kier molecular flexibility index (Phi) is 3.61. The largest absolute Gasteiger partial charge is 0.491 e.